The molecule has 0 atom stereocenters. The first-order valence-electron chi connectivity index (χ1n) is 6.13. The molecule has 1 heterocycles. The Kier molecular flexibility index (Phi) is 4.16. The predicted molar refractivity (Wildman–Crippen MR) is 70.4 cm³/mol. The number of nitrogens with one attached hydrogen (secondary N) is 1. The third-order valence-electron chi connectivity index (χ3n) is 3.84. The summed E-state index contributed by atoms with van der Waals surface area (Å²) in [4.78, 5) is 11.3. The molecule has 0 radical (unpaired) electrons. The van der Waals surface area contributed by atoms with Gasteiger partial charge < -0.3 is 10.4 Å². The molecule has 0 aliphatic rings. The molecule has 0 unspecified atom stereocenters. The summed E-state index contributed by atoms with van der Waals surface area (Å²) in [7, 11) is 1.88. The number of carbonyl (C=O) groups is 1. The molecule has 0 amide bonds. The Balaban J connectivity index is 2.54. The molecule has 1 aromatic heterocycles. The van der Waals surface area contributed by atoms with Crippen LogP contribution in [-0.2, 0) is 18.3 Å². The highest BCUT2D eigenvalue weighted by Crippen LogP contribution is 2.30. The van der Waals surface area contributed by atoms with Crippen molar-refractivity contribution in [2.24, 2.45) is 12.5 Å². The molecule has 102 valence electrons. The van der Waals surface area contributed by atoms with Crippen molar-refractivity contribution < 1.29 is 9.90 Å². The average molecular weight is 253 g/mol. The third kappa shape index (κ3) is 3.10. The van der Waals surface area contributed by atoms with E-state index in [1.165, 1.54) is 0 Å². The average Bonchev–Trinajstić information content (AvgIpc) is 2.63. The molecule has 0 saturated carbocycles. The molecule has 2 N–H and O–H groups in total. The molecule has 0 aromatic carbocycles. The summed E-state index contributed by atoms with van der Waals surface area (Å²) in [5.74, 6) is -0.790. The van der Waals surface area contributed by atoms with Gasteiger partial charge in [-0.2, -0.15) is 5.10 Å². The maximum atomic E-state index is 11.3. The number of aromatic nitrogens is 2. The van der Waals surface area contributed by atoms with E-state index in [1.807, 2.05) is 33.3 Å². The van der Waals surface area contributed by atoms with Crippen LogP contribution in [0.1, 0.15) is 33.3 Å². The standard InChI is InChI=1S/C13H23N3O2/c1-12(2,11(17)18)13(3,4)14-7-6-10-8-15-16(5)9-10/h8-9,14H,6-7H2,1-5H3,(H,17,18). The summed E-state index contributed by atoms with van der Waals surface area (Å²) in [6.07, 6.45) is 4.64. The minimum atomic E-state index is -0.818. The fraction of sp³-hybridized carbons (Fsp3) is 0.692. The lowest BCUT2D eigenvalue weighted by molar-refractivity contribution is -0.151. The molecular formula is C13H23N3O2. The number of carboxylic acids is 1. The van der Waals surface area contributed by atoms with Crippen LogP contribution < -0.4 is 5.32 Å². The van der Waals surface area contributed by atoms with Crippen LogP contribution in [0.2, 0.25) is 0 Å². The molecule has 0 spiro atoms. The van der Waals surface area contributed by atoms with Crippen LogP contribution >= 0.6 is 0 Å². The molecule has 0 fully saturated rings. The Bertz CT molecular complexity index is 422. The first-order chi connectivity index (χ1) is 8.17. The van der Waals surface area contributed by atoms with Gasteiger partial charge in [0.2, 0.25) is 0 Å². The van der Waals surface area contributed by atoms with Gasteiger partial charge in [-0.1, -0.05) is 0 Å². The van der Waals surface area contributed by atoms with Gasteiger partial charge in [0.05, 0.1) is 11.6 Å². The van der Waals surface area contributed by atoms with Crippen LogP contribution in [-0.4, -0.2) is 32.9 Å². The highest BCUT2D eigenvalue weighted by molar-refractivity contribution is 5.75. The lowest BCUT2D eigenvalue weighted by Gasteiger charge is -2.39. The number of hydrogen-bond acceptors (Lipinski definition) is 3. The van der Waals surface area contributed by atoms with Gasteiger partial charge in [0.15, 0.2) is 0 Å². The first-order valence-corrected chi connectivity index (χ1v) is 6.13. The maximum absolute atomic E-state index is 11.3. The summed E-state index contributed by atoms with van der Waals surface area (Å²) in [5, 5.41) is 16.7. The van der Waals surface area contributed by atoms with Crippen molar-refractivity contribution in [3.63, 3.8) is 0 Å². The van der Waals surface area contributed by atoms with Crippen LogP contribution in [0.15, 0.2) is 12.4 Å². The highest BCUT2D eigenvalue weighted by atomic mass is 16.4. The fourth-order valence-corrected chi connectivity index (χ4v) is 1.61. The third-order valence-corrected chi connectivity index (χ3v) is 3.84. The van der Waals surface area contributed by atoms with Crippen molar-refractivity contribution in [2.45, 2.75) is 39.7 Å². The quantitative estimate of drug-likeness (QED) is 0.805. The van der Waals surface area contributed by atoms with Gasteiger partial charge in [0.1, 0.15) is 0 Å². The lowest BCUT2D eigenvalue weighted by Crippen LogP contribution is -2.55. The van der Waals surface area contributed by atoms with Gasteiger partial charge >= 0.3 is 5.97 Å². The molecule has 5 nitrogen and oxygen atoms in total. The zero-order chi connectivity index (χ0) is 14.0. The van der Waals surface area contributed by atoms with Crippen molar-refractivity contribution in [1.82, 2.24) is 15.1 Å². The van der Waals surface area contributed by atoms with E-state index in [0.717, 1.165) is 18.5 Å². The van der Waals surface area contributed by atoms with Crippen molar-refractivity contribution in [3.8, 4) is 0 Å². The smallest absolute Gasteiger partial charge is 0.310 e. The molecule has 0 aliphatic heterocycles. The minimum Gasteiger partial charge on any atom is -0.481 e. The molecule has 0 bridgehead atoms. The van der Waals surface area contributed by atoms with Gasteiger partial charge in [0, 0.05) is 18.8 Å². The lowest BCUT2D eigenvalue weighted by atomic mass is 9.74. The van der Waals surface area contributed by atoms with E-state index in [9.17, 15) is 9.90 Å². The summed E-state index contributed by atoms with van der Waals surface area (Å²) in [6, 6.07) is 0. The van der Waals surface area contributed by atoms with Crippen LogP contribution in [0.5, 0.6) is 0 Å². The molecule has 1 aromatic rings. The maximum Gasteiger partial charge on any atom is 0.310 e. The number of nitrogens with zero attached hydrogens (tertiary/aromatic N) is 2. The van der Waals surface area contributed by atoms with E-state index < -0.39 is 16.9 Å². The summed E-state index contributed by atoms with van der Waals surface area (Å²) in [5.41, 5.74) is -0.142. The normalized spacial score (nSPS) is 12.7. The number of aryl methyl sites for hydroxylation is 1. The van der Waals surface area contributed by atoms with Gasteiger partial charge in [-0.3, -0.25) is 9.48 Å². The largest absolute Gasteiger partial charge is 0.481 e. The molecule has 5 heteroatoms. The van der Waals surface area contributed by atoms with E-state index >= 15 is 0 Å². The van der Waals surface area contributed by atoms with E-state index in [-0.39, 0.29) is 0 Å². The summed E-state index contributed by atoms with van der Waals surface area (Å²) in [6.45, 7) is 8.06. The van der Waals surface area contributed by atoms with Gasteiger partial charge in [-0.25, -0.2) is 0 Å². The van der Waals surface area contributed by atoms with Crippen LogP contribution in [0.4, 0.5) is 0 Å². The zero-order valence-electron chi connectivity index (χ0n) is 11.8. The topological polar surface area (TPSA) is 67.2 Å². The number of aliphatic carboxylic acids is 1. The highest BCUT2D eigenvalue weighted by Gasteiger charge is 2.42. The van der Waals surface area contributed by atoms with E-state index in [0.29, 0.717) is 0 Å². The van der Waals surface area contributed by atoms with Crippen LogP contribution in [0.25, 0.3) is 0 Å². The SMILES string of the molecule is Cn1cc(CCNC(C)(C)C(C)(C)C(=O)O)cn1. The van der Waals surface area contributed by atoms with Crippen LogP contribution in [0, 0.1) is 5.41 Å². The fourth-order valence-electron chi connectivity index (χ4n) is 1.61. The second kappa shape index (κ2) is 5.10. The van der Waals surface area contributed by atoms with Gasteiger partial charge in [0.25, 0.3) is 0 Å². The second-order valence-electron chi connectivity index (χ2n) is 5.75. The van der Waals surface area contributed by atoms with Gasteiger partial charge in [-0.05, 0) is 46.2 Å². The zero-order valence-corrected chi connectivity index (χ0v) is 11.8. The summed E-state index contributed by atoms with van der Waals surface area (Å²) < 4.78 is 1.77. The molecule has 0 aliphatic carbocycles. The van der Waals surface area contributed by atoms with Crippen molar-refractivity contribution >= 4 is 5.97 Å². The molecule has 0 saturated heterocycles. The Morgan fingerprint density at radius 1 is 1.44 bits per heavy atom. The van der Waals surface area contributed by atoms with Crippen molar-refractivity contribution in [2.75, 3.05) is 6.54 Å². The Labute approximate surface area is 108 Å². The van der Waals surface area contributed by atoms with Crippen molar-refractivity contribution in [3.05, 3.63) is 18.0 Å². The van der Waals surface area contributed by atoms with E-state index in [4.69, 9.17) is 0 Å². The second-order valence-corrected chi connectivity index (χ2v) is 5.75. The molecule has 18 heavy (non-hydrogen) atoms. The number of rotatable bonds is 6. The Hall–Kier alpha value is -1.36. The monoisotopic (exact) mass is 253 g/mol. The molecular weight excluding hydrogens is 230 g/mol. The Morgan fingerprint density at radius 3 is 2.50 bits per heavy atom. The number of hydrogen-bond donors (Lipinski definition) is 2. The van der Waals surface area contributed by atoms with Crippen molar-refractivity contribution in [1.29, 1.82) is 0 Å². The predicted octanol–water partition coefficient (Wildman–Crippen LogP) is 1.44. The minimum absolute atomic E-state index is 0.471. The first kappa shape index (κ1) is 14.7. The Morgan fingerprint density at radius 2 is 2.06 bits per heavy atom. The summed E-state index contributed by atoms with van der Waals surface area (Å²) >= 11 is 0. The van der Waals surface area contributed by atoms with Crippen LogP contribution in [0.3, 0.4) is 0 Å². The van der Waals surface area contributed by atoms with E-state index in [2.05, 4.69) is 10.4 Å². The number of carboxylic acid groups (broad SMARTS) is 1. The van der Waals surface area contributed by atoms with E-state index in [1.54, 1.807) is 18.5 Å². The molecule has 1 rings (SSSR count). The van der Waals surface area contributed by atoms with Gasteiger partial charge in [-0.15, -0.1) is 0 Å².